The first-order valence-corrected chi connectivity index (χ1v) is 11.8. The summed E-state index contributed by atoms with van der Waals surface area (Å²) in [7, 11) is 3.10. The van der Waals surface area contributed by atoms with E-state index in [0.717, 1.165) is 17.8 Å². The van der Waals surface area contributed by atoms with Crippen LogP contribution in [0.3, 0.4) is 0 Å². The lowest BCUT2D eigenvalue weighted by Gasteiger charge is -2.11. The first kappa shape index (κ1) is 26.1. The minimum atomic E-state index is 0.612. The minimum absolute atomic E-state index is 0.612. The highest BCUT2D eigenvalue weighted by molar-refractivity contribution is 5.81. The smallest absolute Gasteiger partial charge is 0.118 e. The van der Waals surface area contributed by atoms with Crippen LogP contribution in [-0.2, 0) is 11.3 Å². The number of ether oxygens (including phenoxy) is 1. The molecule has 5 aromatic rings. The Hall–Kier alpha value is -4.48. The first-order chi connectivity index (χ1) is 17.7. The number of benzene rings is 4. The van der Waals surface area contributed by atoms with Crippen molar-refractivity contribution in [2.24, 2.45) is 5.73 Å². The largest absolute Gasteiger partial charge is 0.497 e. The van der Waals surface area contributed by atoms with Gasteiger partial charge in [0.05, 0.1) is 24.0 Å². The van der Waals surface area contributed by atoms with Crippen LogP contribution in [0.4, 0.5) is 11.4 Å². The van der Waals surface area contributed by atoms with Gasteiger partial charge in [0.1, 0.15) is 5.76 Å². The first-order valence-electron chi connectivity index (χ1n) is 11.8. The zero-order valence-electron chi connectivity index (χ0n) is 20.9. The molecule has 0 radical (unpaired) electrons. The van der Waals surface area contributed by atoms with Gasteiger partial charge >= 0.3 is 0 Å². The minimum Gasteiger partial charge on any atom is -0.497 e. The number of fused-ring (bicyclic) bond motifs is 1. The molecule has 0 spiro atoms. The Kier molecular flexibility index (Phi) is 9.74. The second-order valence-electron chi connectivity index (χ2n) is 7.85. The van der Waals surface area contributed by atoms with Crippen LogP contribution in [0.15, 0.2) is 122 Å². The fourth-order valence-electron chi connectivity index (χ4n) is 3.70. The topological polar surface area (TPSA) is 78.2 Å². The summed E-state index contributed by atoms with van der Waals surface area (Å²) >= 11 is 0. The number of hydrogen-bond acceptors (Lipinski definition) is 4. The standard InChI is InChI=1S/C16H18N2O.C14H11N.CH5N/c1-12(19-2)14-8-9-16(15(17)10-14)18-11-13-6-4-3-5-7-13;1-2-7-13(8-3-1)15-11-10-12-6-4-5-9-14(12)15;1-2/h3-10,18H,1,11,17H2,2H3;1-11H;2H2,1H3. The van der Waals surface area contributed by atoms with Crippen LogP contribution >= 0.6 is 0 Å². The Bertz CT molecular complexity index is 1360. The summed E-state index contributed by atoms with van der Waals surface area (Å²) in [5.41, 5.74) is 16.7. The van der Waals surface area contributed by atoms with E-state index in [0.29, 0.717) is 11.4 Å². The number of nitrogen functional groups attached to an aromatic ring is 1. The van der Waals surface area contributed by atoms with Crippen LogP contribution in [0.2, 0.25) is 0 Å². The Morgan fingerprint density at radius 3 is 2.14 bits per heavy atom. The molecule has 184 valence electrons. The summed E-state index contributed by atoms with van der Waals surface area (Å²) in [6.45, 7) is 4.56. The average Bonchev–Trinajstić information content (AvgIpc) is 3.39. The number of aromatic nitrogens is 1. The zero-order chi connectivity index (χ0) is 25.8. The van der Waals surface area contributed by atoms with Gasteiger partial charge in [0.25, 0.3) is 0 Å². The molecule has 0 aliphatic rings. The number of anilines is 2. The van der Waals surface area contributed by atoms with Crippen molar-refractivity contribution in [3.05, 3.63) is 133 Å². The number of rotatable bonds is 6. The van der Waals surface area contributed by atoms with E-state index in [1.165, 1.54) is 29.2 Å². The van der Waals surface area contributed by atoms with Crippen molar-refractivity contribution in [2.75, 3.05) is 25.2 Å². The van der Waals surface area contributed by atoms with E-state index in [1.54, 1.807) is 7.11 Å². The number of nitrogens with zero attached hydrogens (tertiary/aromatic N) is 1. The fourth-order valence-corrected chi connectivity index (χ4v) is 3.70. The highest BCUT2D eigenvalue weighted by Gasteiger charge is 2.04. The van der Waals surface area contributed by atoms with Gasteiger partial charge in [-0.2, -0.15) is 0 Å². The average molecular weight is 479 g/mol. The Morgan fingerprint density at radius 1 is 0.833 bits per heavy atom. The molecule has 0 fully saturated rings. The molecule has 4 aromatic carbocycles. The van der Waals surface area contributed by atoms with Crippen LogP contribution in [0.5, 0.6) is 0 Å². The lowest BCUT2D eigenvalue weighted by atomic mass is 10.1. The SMILES string of the molecule is C=C(OC)c1ccc(NCc2ccccc2)c(N)c1.CN.c1ccc(-n2ccc3ccccc32)cc1. The van der Waals surface area contributed by atoms with Gasteiger partial charge < -0.3 is 26.1 Å². The van der Waals surface area contributed by atoms with Gasteiger partial charge in [0.15, 0.2) is 0 Å². The third-order valence-corrected chi connectivity index (χ3v) is 5.58. The third kappa shape index (κ3) is 6.78. The number of nitrogens with two attached hydrogens (primary N) is 2. The quantitative estimate of drug-likeness (QED) is 0.187. The monoisotopic (exact) mass is 478 g/mol. The lowest BCUT2D eigenvalue weighted by Crippen LogP contribution is -2.03. The molecule has 0 aliphatic carbocycles. The fraction of sp³-hybridized carbons (Fsp3) is 0.0968. The summed E-state index contributed by atoms with van der Waals surface area (Å²) in [6.07, 6.45) is 2.11. The van der Waals surface area contributed by atoms with Gasteiger partial charge in [-0.25, -0.2) is 0 Å². The Labute approximate surface area is 213 Å². The number of para-hydroxylation sites is 2. The van der Waals surface area contributed by atoms with Crippen LogP contribution < -0.4 is 16.8 Å². The maximum atomic E-state index is 6.02. The summed E-state index contributed by atoms with van der Waals surface area (Å²) in [5, 5.41) is 4.60. The van der Waals surface area contributed by atoms with Crippen LogP contribution in [-0.4, -0.2) is 18.7 Å². The van der Waals surface area contributed by atoms with E-state index in [9.17, 15) is 0 Å². The van der Waals surface area contributed by atoms with Crippen molar-refractivity contribution in [1.82, 2.24) is 4.57 Å². The Balaban J connectivity index is 0.000000191. The highest BCUT2D eigenvalue weighted by Crippen LogP contribution is 2.24. The van der Waals surface area contributed by atoms with E-state index in [1.807, 2.05) is 42.5 Å². The van der Waals surface area contributed by atoms with Gasteiger partial charge in [-0.3, -0.25) is 0 Å². The molecule has 1 aromatic heterocycles. The van der Waals surface area contributed by atoms with Gasteiger partial charge in [0, 0.05) is 24.0 Å². The van der Waals surface area contributed by atoms with Crippen LogP contribution in [0.1, 0.15) is 11.1 Å². The number of nitrogens with one attached hydrogen (secondary N) is 1. The molecule has 0 atom stereocenters. The molecule has 0 saturated carbocycles. The molecule has 0 saturated heterocycles. The predicted molar refractivity (Wildman–Crippen MR) is 154 cm³/mol. The van der Waals surface area contributed by atoms with Gasteiger partial charge in [-0.05, 0) is 60.5 Å². The zero-order valence-corrected chi connectivity index (χ0v) is 20.9. The van der Waals surface area contributed by atoms with E-state index in [-0.39, 0.29) is 0 Å². The molecule has 5 heteroatoms. The molecule has 0 amide bonds. The molecule has 5 rings (SSSR count). The van der Waals surface area contributed by atoms with E-state index in [4.69, 9.17) is 10.5 Å². The molecule has 5 nitrogen and oxygen atoms in total. The Morgan fingerprint density at radius 2 is 1.47 bits per heavy atom. The van der Waals surface area contributed by atoms with Gasteiger partial charge in [-0.15, -0.1) is 0 Å². The van der Waals surface area contributed by atoms with Crippen molar-refractivity contribution in [3.8, 4) is 5.69 Å². The van der Waals surface area contributed by atoms with Crippen molar-refractivity contribution in [3.63, 3.8) is 0 Å². The maximum absolute atomic E-state index is 6.02. The second kappa shape index (κ2) is 13.4. The maximum Gasteiger partial charge on any atom is 0.118 e. The molecular weight excluding hydrogens is 444 g/mol. The van der Waals surface area contributed by atoms with Crippen molar-refractivity contribution in [2.45, 2.75) is 6.54 Å². The molecule has 0 unspecified atom stereocenters. The molecule has 36 heavy (non-hydrogen) atoms. The molecule has 0 aliphatic heterocycles. The van der Waals surface area contributed by atoms with E-state index in [2.05, 4.69) is 95.1 Å². The number of methoxy groups -OCH3 is 1. The van der Waals surface area contributed by atoms with Gasteiger partial charge in [-0.1, -0.05) is 73.3 Å². The lowest BCUT2D eigenvalue weighted by molar-refractivity contribution is 0.371. The molecule has 1 heterocycles. The number of hydrogen-bond donors (Lipinski definition) is 3. The van der Waals surface area contributed by atoms with E-state index < -0.39 is 0 Å². The normalized spacial score (nSPS) is 9.86. The summed E-state index contributed by atoms with van der Waals surface area (Å²) in [6, 6.07) is 36.9. The van der Waals surface area contributed by atoms with E-state index >= 15 is 0 Å². The van der Waals surface area contributed by atoms with Crippen molar-refractivity contribution >= 4 is 28.0 Å². The third-order valence-electron chi connectivity index (χ3n) is 5.58. The van der Waals surface area contributed by atoms with Crippen molar-refractivity contribution in [1.29, 1.82) is 0 Å². The molecule has 0 bridgehead atoms. The van der Waals surface area contributed by atoms with Crippen LogP contribution in [0, 0.1) is 0 Å². The second-order valence-corrected chi connectivity index (χ2v) is 7.85. The summed E-state index contributed by atoms with van der Waals surface area (Å²) in [5.74, 6) is 0.612. The molecule has 5 N–H and O–H groups in total. The summed E-state index contributed by atoms with van der Waals surface area (Å²) in [4.78, 5) is 0. The van der Waals surface area contributed by atoms with Crippen molar-refractivity contribution < 1.29 is 4.74 Å². The van der Waals surface area contributed by atoms with Crippen LogP contribution in [0.25, 0.3) is 22.3 Å². The molecular formula is C31H34N4O. The summed E-state index contributed by atoms with van der Waals surface area (Å²) < 4.78 is 7.29. The highest BCUT2D eigenvalue weighted by atomic mass is 16.5. The van der Waals surface area contributed by atoms with Gasteiger partial charge in [0.2, 0.25) is 0 Å². The predicted octanol–water partition coefficient (Wildman–Crippen LogP) is 6.70.